The molecule has 170 valence electrons. The van der Waals surface area contributed by atoms with Crippen molar-refractivity contribution in [2.24, 2.45) is 5.73 Å². The van der Waals surface area contributed by atoms with Crippen LogP contribution in [0.5, 0.6) is 5.75 Å². The molecule has 0 aromatic heterocycles. The zero-order valence-electron chi connectivity index (χ0n) is 16.4. The summed E-state index contributed by atoms with van der Waals surface area (Å²) in [5, 5.41) is 0.544. The third-order valence-corrected chi connectivity index (χ3v) is 5.15. The van der Waals surface area contributed by atoms with Crippen LogP contribution in [-0.4, -0.2) is 72.6 Å². The zero-order valence-corrected chi connectivity index (χ0v) is 17.2. The van der Waals surface area contributed by atoms with Gasteiger partial charge in [0.25, 0.3) is 5.91 Å². The van der Waals surface area contributed by atoms with E-state index in [0.29, 0.717) is 29.5 Å². The van der Waals surface area contributed by atoms with Crippen molar-refractivity contribution in [3.8, 4) is 5.75 Å². The van der Waals surface area contributed by atoms with Crippen molar-refractivity contribution >= 4 is 28.2 Å². The smallest absolute Gasteiger partial charge is 0.418 e. The number of hydrazine groups is 1. The maximum absolute atomic E-state index is 12.5. The zero-order chi connectivity index (χ0) is 22.6. The highest BCUT2D eigenvalue weighted by molar-refractivity contribution is 7.80. The van der Waals surface area contributed by atoms with Crippen LogP contribution in [0.3, 0.4) is 0 Å². The average Bonchev–Trinajstić information content (AvgIpc) is 2.95. The fraction of sp³-hybridized carbons (Fsp3) is 0.471. The summed E-state index contributed by atoms with van der Waals surface area (Å²) in [6.45, 7) is 0.825. The summed E-state index contributed by atoms with van der Waals surface area (Å²) in [6.07, 6.45) is 0.513. The van der Waals surface area contributed by atoms with Crippen molar-refractivity contribution in [2.45, 2.75) is 31.3 Å². The lowest BCUT2D eigenvalue weighted by Crippen LogP contribution is -2.54. The van der Waals surface area contributed by atoms with Gasteiger partial charge in [-0.15, -0.1) is 4.28 Å². The number of nitrogens with two attached hydrogens (primary N) is 1. The van der Waals surface area contributed by atoms with Crippen molar-refractivity contribution in [1.29, 1.82) is 0 Å². The summed E-state index contributed by atoms with van der Waals surface area (Å²) in [7, 11) is -4.87. The molecule has 2 fully saturated rings. The van der Waals surface area contributed by atoms with E-state index < -0.39 is 40.3 Å². The second kappa shape index (κ2) is 9.47. The molecular weight excluding hydrogens is 434 g/mol. The quantitative estimate of drug-likeness (QED) is 0.273. The highest BCUT2D eigenvalue weighted by Gasteiger charge is 2.49. The van der Waals surface area contributed by atoms with E-state index in [9.17, 15) is 22.8 Å². The number of fused-ring (bicyclic) bond motifs is 2. The molecule has 2 aliphatic rings. The summed E-state index contributed by atoms with van der Waals surface area (Å²) in [4.78, 5) is 38.0. The van der Waals surface area contributed by atoms with Crippen molar-refractivity contribution in [3.05, 3.63) is 29.8 Å². The van der Waals surface area contributed by atoms with Crippen LogP contribution < -0.4 is 21.3 Å². The molecule has 0 spiro atoms. The molecule has 1 aromatic rings. The SMILES string of the molecule is NCCOc1ccc(CC(=O)NNC(=O)[C@@H]2CC[C@@H]3CN2C(=O)N3OS(=O)(=O)O)cc1. The van der Waals surface area contributed by atoms with Crippen LogP contribution in [0.4, 0.5) is 4.79 Å². The molecule has 5 N–H and O–H groups in total. The normalized spacial score (nSPS) is 20.5. The minimum Gasteiger partial charge on any atom is -0.492 e. The van der Waals surface area contributed by atoms with Gasteiger partial charge in [0.15, 0.2) is 0 Å². The van der Waals surface area contributed by atoms with Crippen LogP contribution in [0.2, 0.25) is 0 Å². The Morgan fingerprint density at radius 3 is 2.55 bits per heavy atom. The number of hydroxylamine groups is 2. The third-order valence-electron chi connectivity index (χ3n) is 4.80. The van der Waals surface area contributed by atoms with Gasteiger partial charge in [0, 0.05) is 13.1 Å². The first-order chi connectivity index (χ1) is 14.7. The molecule has 31 heavy (non-hydrogen) atoms. The van der Waals surface area contributed by atoms with Gasteiger partial charge in [-0.2, -0.15) is 13.5 Å². The molecule has 13 nitrogen and oxygen atoms in total. The summed E-state index contributed by atoms with van der Waals surface area (Å²) >= 11 is 0. The van der Waals surface area contributed by atoms with Crippen molar-refractivity contribution in [2.75, 3.05) is 19.7 Å². The number of nitrogens with zero attached hydrogens (tertiary/aromatic N) is 2. The van der Waals surface area contributed by atoms with Gasteiger partial charge in [-0.05, 0) is 30.5 Å². The first-order valence-electron chi connectivity index (χ1n) is 9.45. The van der Waals surface area contributed by atoms with Crippen LogP contribution in [0, 0.1) is 0 Å². The van der Waals surface area contributed by atoms with E-state index in [1.165, 1.54) is 0 Å². The Balaban J connectivity index is 1.49. The Morgan fingerprint density at radius 1 is 1.19 bits per heavy atom. The molecule has 4 amide bonds. The Hall–Kier alpha value is -2.94. The average molecular weight is 457 g/mol. The van der Waals surface area contributed by atoms with Crippen LogP contribution in [0.1, 0.15) is 18.4 Å². The molecule has 2 aliphatic heterocycles. The van der Waals surface area contributed by atoms with Gasteiger partial charge in [-0.25, -0.2) is 4.79 Å². The number of ether oxygens (including phenoxy) is 1. The van der Waals surface area contributed by atoms with E-state index in [4.69, 9.17) is 15.0 Å². The lowest BCUT2D eigenvalue weighted by Gasteiger charge is -2.29. The number of nitrogens with one attached hydrogen (secondary N) is 2. The molecule has 0 saturated carbocycles. The van der Waals surface area contributed by atoms with E-state index in [-0.39, 0.29) is 25.8 Å². The number of piperidine rings is 1. The van der Waals surface area contributed by atoms with E-state index >= 15 is 0 Å². The number of amides is 4. The number of carbonyl (C=O) groups is 3. The molecule has 0 radical (unpaired) electrons. The van der Waals surface area contributed by atoms with E-state index in [1.54, 1.807) is 24.3 Å². The minimum absolute atomic E-state index is 0.00279. The highest BCUT2D eigenvalue weighted by atomic mass is 32.3. The van der Waals surface area contributed by atoms with E-state index in [0.717, 1.165) is 4.90 Å². The molecule has 2 bridgehead atoms. The lowest BCUT2D eigenvalue weighted by molar-refractivity contribution is -0.131. The number of rotatable bonds is 8. The molecular formula is C17H23N5O8S. The monoisotopic (exact) mass is 457 g/mol. The molecule has 0 unspecified atom stereocenters. The van der Waals surface area contributed by atoms with E-state index in [1.807, 2.05) is 0 Å². The largest absolute Gasteiger partial charge is 0.492 e. The standard InChI is InChI=1S/C17H23N5O8S/c18-7-8-29-13-4-1-11(2-5-13)9-15(23)19-20-16(24)14-6-3-12-10-21(14)17(25)22(12)30-31(26,27)28/h1-2,4-5,12,14H,3,6-10,18H2,(H,19,23)(H,20,24)(H,26,27,28)/t12-,14+/m1/s1. The topological polar surface area (TPSA) is 181 Å². The number of hydrogen-bond acceptors (Lipinski definition) is 8. The predicted molar refractivity (Wildman–Crippen MR) is 104 cm³/mol. The second-order valence-corrected chi connectivity index (χ2v) is 8.01. The number of urea groups is 1. The van der Waals surface area contributed by atoms with Gasteiger partial charge in [-0.1, -0.05) is 12.1 Å². The van der Waals surface area contributed by atoms with Crippen molar-refractivity contribution in [3.63, 3.8) is 0 Å². The van der Waals surface area contributed by atoms with Gasteiger partial charge in [0.2, 0.25) is 5.91 Å². The van der Waals surface area contributed by atoms with Crippen LogP contribution >= 0.6 is 0 Å². The minimum atomic E-state index is -4.87. The van der Waals surface area contributed by atoms with Gasteiger partial charge < -0.3 is 15.4 Å². The Bertz CT molecular complexity index is 938. The maximum Gasteiger partial charge on any atom is 0.418 e. The van der Waals surface area contributed by atoms with Gasteiger partial charge >= 0.3 is 16.4 Å². The van der Waals surface area contributed by atoms with Gasteiger partial charge in [0.1, 0.15) is 18.4 Å². The Kier molecular flexibility index (Phi) is 6.94. The lowest BCUT2D eigenvalue weighted by atomic mass is 10.0. The third kappa shape index (κ3) is 5.81. The van der Waals surface area contributed by atoms with Crippen LogP contribution in [0.25, 0.3) is 0 Å². The molecule has 3 rings (SSSR count). The van der Waals surface area contributed by atoms with Crippen LogP contribution in [-0.2, 0) is 30.7 Å². The molecule has 2 saturated heterocycles. The van der Waals surface area contributed by atoms with Crippen LogP contribution in [0.15, 0.2) is 24.3 Å². The number of carbonyl (C=O) groups excluding carboxylic acids is 3. The Labute approximate surface area is 178 Å². The molecule has 1 aromatic carbocycles. The van der Waals surface area contributed by atoms with E-state index in [2.05, 4.69) is 15.1 Å². The summed E-state index contributed by atoms with van der Waals surface area (Å²) in [5.74, 6) is -0.470. The summed E-state index contributed by atoms with van der Waals surface area (Å²) < 4.78 is 40.3. The fourth-order valence-corrected chi connectivity index (χ4v) is 3.82. The summed E-state index contributed by atoms with van der Waals surface area (Å²) in [5.41, 5.74) is 10.6. The van der Waals surface area contributed by atoms with Gasteiger partial charge in [-0.3, -0.25) is 25.0 Å². The predicted octanol–water partition coefficient (Wildman–Crippen LogP) is -1.28. The van der Waals surface area contributed by atoms with Crippen molar-refractivity contribution in [1.82, 2.24) is 20.8 Å². The fourth-order valence-electron chi connectivity index (χ4n) is 3.43. The van der Waals surface area contributed by atoms with Crippen molar-refractivity contribution < 1.29 is 36.4 Å². The second-order valence-electron chi connectivity index (χ2n) is 7.01. The molecule has 14 heteroatoms. The first-order valence-corrected chi connectivity index (χ1v) is 10.8. The first kappa shape index (κ1) is 22.7. The maximum atomic E-state index is 12.5. The highest BCUT2D eigenvalue weighted by Crippen LogP contribution is 2.30. The summed E-state index contributed by atoms with van der Waals surface area (Å²) in [6, 6.07) is 4.44. The van der Waals surface area contributed by atoms with Gasteiger partial charge in [0.05, 0.1) is 12.5 Å². The number of benzene rings is 1. The molecule has 0 aliphatic carbocycles. The Morgan fingerprint density at radius 2 is 1.90 bits per heavy atom. The molecule has 2 heterocycles. The molecule has 2 atom stereocenters. The number of hydrogen-bond donors (Lipinski definition) is 4.